The summed E-state index contributed by atoms with van der Waals surface area (Å²) < 4.78 is 5.45. The van der Waals surface area contributed by atoms with Crippen LogP contribution in [0.15, 0.2) is 48.5 Å². The molecule has 2 aliphatic rings. The average molecular weight is 411 g/mol. The van der Waals surface area contributed by atoms with Crippen molar-refractivity contribution in [1.82, 2.24) is 0 Å². The van der Waals surface area contributed by atoms with Crippen LogP contribution < -0.4 is 19.4 Å². The normalized spacial score (nSPS) is 20.0. The lowest BCUT2D eigenvalue weighted by molar-refractivity contribution is -0.915. The monoisotopic (exact) mass is 411 g/mol. The summed E-state index contributed by atoms with van der Waals surface area (Å²) in [5, 5.41) is 10.8. The van der Waals surface area contributed by atoms with Gasteiger partial charge in [-0.05, 0) is 24.3 Å². The van der Waals surface area contributed by atoms with Crippen molar-refractivity contribution >= 4 is 28.9 Å². The zero-order valence-electron chi connectivity index (χ0n) is 16.6. The number of carbonyl (C=O) groups is 2. The van der Waals surface area contributed by atoms with Gasteiger partial charge in [0, 0.05) is 12.1 Å². The first-order chi connectivity index (χ1) is 14.5. The molecule has 4 rings (SSSR count). The topological polar surface area (TPSA) is 97.4 Å². The number of ether oxygens (including phenoxy) is 1. The third kappa shape index (κ3) is 3.59. The molecule has 1 N–H and O–H groups in total. The first-order valence-electron chi connectivity index (χ1n) is 9.83. The van der Waals surface area contributed by atoms with Gasteiger partial charge in [-0.2, -0.15) is 0 Å². The van der Waals surface area contributed by atoms with Crippen molar-refractivity contribution in [3.8, 4) is 5.75 Å². The van der Waals surface area contributed by atoms with Crippen LogP contribution in [0, 0.1) is 10.1 Å². The number of benzene rings is 2. The van der Waals surface area contributed by atoms with Crippen molar-refractivity contribution in [2.24, 2.45) is 0 Å². The number of piperazine rings is 1. The Bertz CT molecular complexity index is 970. The lowest BCUT2D eigenvalue weighted by Crippen LogP contribution is -3.19. The number of non-ortho nitro benzene ring substituents is 1. The third-order valence-corrected chi connectivity index (χ3v) is 5.79. The number of para-hydroxylation sites is 2. The van der Waals surface area contributed by atoms with Gasteiger partial charge in [0.15, 0.2) is 6.04 Å². The van der Waals surface area contributed by atoms with Gasteiger partial charge < -0.3 is 14.5 Å². The predicted octanol–water partition coefficient (Wildman–Crippen LogP) is 0.640. The number of amides is 2. The molecule has 0 radical (unpaired) electrons. The molecule has 2 heterocycles. The van der Waals surface area contributed by atoms with E-state index in [1.165, 1.54) is 24.3 Å². The minimum absolute atomic E-state index is 0.0764. The predicted molar refractivity (Wildman–Crippen MR) is 110 cm³/mol. The fraction of sp³-hybridized carbons (Fsp3) is 0.333. The molecule has 30 heavy (non-hydrogen) atoms. The standard InChI is InChI=1S/C21H22N4O5/c1-30-19-5-3-2-4-17(19)22-10-12-23(13-11-22)18-14-20(26)24(21(18)27)15-6-8-16(9-7-15)25(28)29/h2-9,18H,10-14H2,1H3/p+1/t18-/m1/s1. The largest absolute Gasteiger partial charge is 0.495 e. The molecule has 156 valence electrons. The molecule has 2 fully saturated rings. The molecule has 0 saturated carbocycles. The zero-order chi connectivity index (χ0) is 21.3. The third-order valence-electron chi connectivity index (χ3n) is 5.79. The van der Waals surface area contributed by atoms with E-state index in [-0.39, 0.29) is 23.9 Å². The number of nitro benzene ring substituents is 1. The van der Waals surface area contributed by atoms with E-state index in [9.17, 15) is 19.7 Å². The molecular weight excluding hydrogens is 388 g/mol. The number of methoxy groups -OCH3 is 1. The van der Waals surface area contributed by atoms with Crippen LogP contribution in [0.4, 0.5) is 17.1 Å². The van der Waals surface area contributed by atoms with Gasteiger partial charge in [-0.15, -0.1) is 0 Å². The Morgan fingerprint density at radius 1 is 1.07 bits per heavy atom. The van der Waals surface area contributed by atoms with E-state index in [4.69, 9.17) is 4.74 Å². The minimum atomic E-state index is -0.508. The Morgan fingerprint density at radius 2 is 1.73 bits per heavy atom. The minimum Gasteiger partial charge on any atom is -0.495 e. The molecule has 0 bridgehead atoms. The molecule has 0 unspecified atom stereocenters. The Labute approximate surface area is 173 Å². The number of carbonyl (C=O) groups excluding carboxylic acids is 2. The Morgan fingerprint density at radius 3 is 2.37 bits per heavy atom. The van der Waals surface area contributed by atoms with Crippen molar-refractivity contribution < 1.29 is 24.1 Å². The van der Waals surface area contributed by atoms with Crippen LogP contribution in [0.25, 0.3) is 0 Å². The van der Waals surface area contributed by atoms with Gasteiger partial charge in [0.25, 0.3) is 11.6 Å². The Kier molecular flexibility index (Phi) is 5.37. The van der Waals surface area contributed by atoms with Gasteiger partial charge in [-0.1, -0.05) is 12.1 Å². The number of rotatable bonds is 5. The second-order valence-electron chi connectivity index (χ2n) is 7.41. The van der Waals surface area contributed by atoms with Crippen LogP contribution in [-0.2, 0) is 9.59 Å². The highest BCUT2D eigenvalue weighted by Crippen LogP contribution is 2.28. The van der Waals surface area contributed by atoms with E-state index >= 15 is 0 Å². The molecule has 0 aromatic heterocycles. The molecule has 2 amide bonds. The highest BCUT2D eigenvalue weighted by Gasteiger charge is 2.46. The lowest BCUT2D eigenvalue weighted by atomic mass is 10.1. The zero-order valence-corrected chi connectivity index (χ0v) is 16.6. The number of anilines is 2. The maximum Gasteiger partial charge on any atom is 0.292 e. The van der Waals surface area contributed by atoms with Crippen LogP contribution in [0.2, 0.25) is 0 Å². The average Bonchev–Trinajstić information content (AvgIpc) is 3.07. The van der Waals surface area contributed by atoms with Crippen LogP contribution in [-0.4, -0.2) is 56.1 Å². The second-order valence-corrected chi connectivity index (χ2v) is 7.41. The van der Waals surface area contributed by atoms with E-state index in [0.717, 1.165) is 47.4 Å². The molecule has 9 heteroatoms. The summed E-state index contributed by atoms with van der Waals surface area (Å²) in [5.74, 6) is 0.311. The highest BCUT2D eigenvalue weighted by molar-refractivity contribution is 6.21. The molecule has 2 aliphatic heterocycles. The highest BCUT2D eigenvalue weighted by atomic mass is 16.6. The Balaban J connectivity index is 1.44. The van der Waals surface area contributed by atoms with E-state index in [1.807, 2.05) is 24.3 Å². The summed E-state index contributed by atoms with van der Waals surface area (Å²) in [4.78, 5) is 40.4. The number of imide groups is 1. The summed E-state index contributed by atoms with van der Waals surface area (Å²) in [5.41, 5.74) is 1.33. The van der Waals surface area contributed by atoms with E-state index in [1.54, 1.807) is 7.11 Å². The quantitative estimate of drug-likeness (QED) is 0.441. The molecular formula is C21H23N4O5+. The number of hydrogen-bond donors (Lipinski definition) is 1. The van der Waals surface area contributed by atoms with Crippen LogP contribution in [0.1, 0.15) is 6.42 Å². The number of hydrogen-bond acceptors (Lipinski definition) is 6. The van der Waals surface area contributed by atoms with Crippen molar-refractivity contribution in [1.29, 1.82) is 0 Å². The van der Waals surface area contributed by atoms with E-state index in [0.29, 0.717) is 5.69 Å². The van der Waals surface area contributed by atoms with Crippen molar-refractivity contribution in [2.45, 2.75) is 12.5 Å². The molecule has 1 atom stereocenters. The molecule has 9 nitrogen and oxygen atoms in total. The number of nitrogens with zero attached hydrogens (tertiary/aromatic N) is 3. The fourth-order valence-corrected chi connectivity index (χ4v) is 4.22. The Hall–Kier alpha value is -3.46. The summed E-state index contributed by atoms with van der Waals surface area (Å²) >= 11 is 0. The van der Waals surface area contributed by atoms with Crippen LogP contribution in [0.5, 0.6) is 5.75 Å². The summed E-state index contributed by atoms with van der Waals surface area (Å²) in [6, 6.07) is 12.9. The molecule has 0 aliphatic carbocycles. The summed E-state index contributed by atoms with van der Waals surface area (Å²) in [7, 11) is 1.65. The van der Waals surface area contributed by atoms with Gasteiger partial charge in [0.1, 0.15) is 5.75 Å². The van der Waals surface area contributed by atoms with E-state index < -0.39 is 11.0 Å². The van der Waals surface area contributed by atoms with Gasteiger partial charge in [0.05, 0.1) is 56.0 Å². The fourth-order valence-electron chi connectivity index (χ4n) is 4.22. The van der Waals surface area contributed by atoms with E-state index in [2.05, 4.69) is 4.90 Å². The first kappa shape index (κ1) is 19.8. The molecule has 2 aromatic carbocycles. The van der Waals surface area contributed by atoms with Crippen LogP contribution in [0.3, 0.4) is 0 Å². The number of nitro groups is 1. The van der Waals surface area contributed by atoms with Gasteiger partial charge >= 0.3 is 0 Å². The molecule has 0 spiro atoms. The molecule has 2 aromatic rings. The smallest absolute Gasteiger partial charge is 0.292 e. The van der Waals surface area contributed by atoms with Crippen molar-refractivity contribution in [3.05, 3.63) is 58.6 Å². The number of nitrogens with one attached hydrogen (secondary N) is 1. The van der Waals surface area contributed by atoms with Gasteiger partial charge in [0.2, 0.25) is 5.91 Å². The maximum absolute atomic E-state index is 13.0. The summed E-state index contributed by atoms with van der Waals surface area (Å²) in [6.45, 7) is 2.97. The van der Waals surface area contributed by atoms with Gasteiger partial charge in [-0.3, -0.25) is 19.7 Å². The first-order valence-corrected chi connectivity index (χ1v) is 9.83. The van der Waals surface area contributed by atoms with Gasteiger partial charge in [-0.25, -0.2) is 4.90 Å². The molecule has 2 saturated heterocycles. The lowest BCUT2D eigenvalue weighted by Gasteiger charge is -2.36. The summed E-state index contributed by atoms with van der Waals surface area (Å²) in [6.07, 6.45) is 0.153. The number of quaternary nitrogens is 1. The van der Waals surface area contributed by atoms with Crippen LogP contribution >= 0.6 is 0 Å². The van der Waals surface area contributed by atoms with Crippen molar-refractivity contribution in [2.75, 3.05) is 43.1 Å². The second kappa shape index (κ2) is 8.11. The maximum atomic E-state index is 13.0. The van der Waals surface area contributed by atoms with Crippen molar-refractivity contribution in [3.63, 3.8) is 0 Å². The SMILES string of the molecule is COc1ccccc1N1CC[NH+]([C@@H]2CC(=O)N(c3ccc([N+](=O)[O-])cc3)C2=O)CC1.